The van der Waals surface area contributed by atoms with Crippen LogP contribution in [0.1, 0.15) is 5.56 Å². The smallest absolute Gasteiger partial charge is 0.387 e. The van der Waals surface area contributed by atoms with E-state index in [9.17, 15) is 13.6 Å². The lowest BCUT2D eigenvalue weighted by atomic mass is 10.2. The average Bonchev–Trinajstić information content (AvgIpc) is 2.37. The predicted octanol–water partition coefficient (Wildman–Crippen LogP) is 2.70. The first-order valence-electron chi connectivity index (χ1n) is 5.33. The third kappa shape index (κ3) is 5.34. The molecular formula is C12H14F2O4S. The monoisotopic (exact) mass is 292 g/mol. The Hall–Kier alpha value is -1.50. The van der Waals surface area contributed by atoms with E-state index in [1.807, 2.05) is 0 Å². The van der Waals surface area contributed by atoms with Crippen LogP contribution in [0.15, 0.2) is 18.2 Å². The van der Waals surface area contributed by atoms with Crippen LogP contribution in [-0.2, 0) is 16.1 Å². The summed E-state index contributed by atoms with van der Waals surface area (Å²) in [6, 6.07) is 4.37. The molecule has 0 radical (unpaired) electrons. The van der Waals surface area contributed by atoms with Crippen LogP contribution in [0.3, 0.4) is 0 Å². The van der Waals surface area contributed by atoms with E-state index in [1.54, 1.807) is 6.26 Å². The van der Waals surface area contributed by atoms with Crippen molar-refractivity contribution >= 4 is 17.7 Å². The molecule has 0 aromatic heterocycles. The van der Waals surface area contributed by atoms with Crippen molar-refractivity contribution in [2.24, 2.45) is 0 Å². The molecule has 0 aliphatic rings. The van der Waals surface area contributed by atoms with Gasteiger partial charge in [-0.15, -0.1) is 0 Å². The Morgan fingerprint density at radius 1 is 1.37 bits per heavy atom. The highest BCUT2D eigenvalue weighted by molar-refractivity contribution is 7.99. The van der Waals surface area contributed by atoms with Crippen LogP contribution in [0.2, 0.25) is 0 Å². The van der Waals surface area contributed by atoms with Crippen LogP contribution in [0.5, 0.6) is 11.5 Å². The predicted molar refractivity (Wildman–Crippen MR) is 67.8 cm³/mol. The van der Waals surface area contributed by atoms with Gasteiger partial charge in [0.2, 0.25) is 0 Å². The fourth-order valence-corrected chi connectivity index (χ4v) is 1.64. The minimum absolute atomic E-state index is 0.0586. The highest BCUT2D eigenvalue weighted by Crippen LogP contribution is 2.29. The first-order chi connectivity index (χ1) is 9.06. The summed E-state index contributed by atoms with van der Waals surface area (Å²) >= 11 is 1.36. The SMILES string of the molecule is COc1cc(COC(=O)CSC)ccc1OC(F)F. The molecule has 0 amide bonds. The van der Waals surface area contributed by atoms with Crippen LogP contribution in [0.4, 0.5) is 8.78 Å². The highest BCUT2D eigenvalue weighted by Gasteiger charge is 2.11. The minimum atomic E-state index is -2.92. The second kappa shape index (κ2) is 7.83. The minimum Gasteiger partial charge on any atom is -0.493 e. The summed E-state index contributed by atoms with van der Waals surface area (Å²) in [4.78, 5) is 11.2. The van der Waals surface area contributed by atoms with E-state index < -0.39 is 6.61 Å². The topological polar surface area (TPSA) is 44.8 Å². The summed E-state index contributed by atoms with van der Waals surface area (Å²) in [5.41, 5.74) is 0.632. The first-order valence-corrected chi connectivity index (χ1v) is 6.72. The van der Waals surface area contributed by atoms with Gasteiger partial charge < -0.3 is 14.2 Å². The lowest BCUT2D eigenvalue weighted by Crippen LogP contribution is -2.07. The van der Waals surface area contributed by atoms with E-state index in [0.29, 0.717) is 5.56 Å². The molecule has 106 valence electrons. The molecule has 0 aliphatic heterocycles. The summed E-state index contributed by atoms with van der Waals surface area (Å²) in [6.45, 7) is -2.86. The Kier molecular flexibility index (Phi) is 6.41. The van der Waals surface area contributed by atoms with Gasteiger partial charge in [-0.25, -0.2) is 0 Å². The van der Waals surface area contributed by atoms with Gasteiger partial charge in [-0.2, -0.15) is 20.5 Å². The van der Waals surface area contributed by atoms with E-state index in [-0.39, 0.29) is 29.8 Å². The van der Waals surface area contributed by atoms with E-state index in [2.05, 4.69) is 4.74 Å². The van der Waals surface area contributed by atoms with E-state index in [0.717, 1.165) is 0 Å². The number of alkyl halides is 2. The molecule has 0 bridgehead atoms. The average molecular weight is 292 g/mol. The number of carbonyl (C=O) groups is 1. The molecule has 19 heavy (non-hydrogen) atoms. The van der Waals surface area contributed by atoms with Crippen molar-refractivity contribution in [3.05, 3.63) is 23.8 Å². The highest BCUT2D eigenvalue weighted by atomic mass is 32.2. The molecule has 1 rings (SSSR count). The fraction of sp³-hybridized carbons (Fsp3) is 0.417. The number of rotatable bonds is 7. The molecule has 0 saturated carbocycles. The molecule has 0 N–H and O–H groups in total. The second-order valence-electron chi connectivity index (χ2n) is 3.46. The third-order valence-corrected chi connectivity index (χ3v) is 2.63. The zero-order valence-corrected chi connectivity index (χ0v) is 11.3. The molecule has 1 aromatic carbocycles. The van der Waals surface area contributed by atoms with Crippen LogP contribution in [0, 0.1) is 0 Å². The van der Waals surface area contributed by atoms with Crippen molar-refractivity contribution in [2.75, 3.05) is 19.1 Å². The fourth-order valence-electron chi connectivity index (χ4n) is 1.32. The number of ether oxygens (including phenoxy) is 3. The molecule has 0 spiro atoms. The number of benzene rings is 1. The lowest BCUT2D eigenvalue weighted by Gasteiger charge is -2.11. The zero-order valence-electron chi connectivity index (χ0n) is 10.5. The Labute approximate surface area is 114 Å². The number of hydrogen-bond acceptors (Lipinski definition) is 5. The van der Waals surface area contributed by atoms with Crippen LogP contribution in [-0.4, -0.2) is 31.7 Å². The van der Waals surface area contributed by atoms with Gasteiger partial charge in [-0.3, -0.25) is 4.79 Å². The molecule has 7 heteroatoms. The Morgan fingerprint density at radius 3 is 2.68 bits per heavy atom. The van der Waals surface area contributed by atoms with Crippen molar-refractivity contribution in [1.29, 1.82) is 0 Å². The van der Waals surface area contributed by atoms with Crippen LogP contribution in [0.25, 0.3) is 0 Å². The van der Waals surface area contributed by atoms with Gasteiger partial charge in [0.15, 0.2) is 11.5 Å². The number of halogens is 2. The molecule has 1 aromatic rings. The summed E-state index contributed by atoms with van der Waals surface area (Å²) < 4.78 is 38.5. The summed E-state index contributed by atoms with van der Waals surface area (Å²) in [6.07, 6.45) is 1.79. The van der Waals surface area contributed by atoms with Gasteiger partial charge >= 0.3 is 12.6 Å². The second-order valence-corrected chi connectivity index (χ2v) is 4.32. The maximum Gasteiger partial charge on any atom is 0.387 e. The standard InChI is InChI=1S/C12H14F2O4S/c1-16-10-5-8(6-17-11(15)7-19-2)3-4-9(10)18-12(13)14/h3-5,12H,6-7H2,1-2H3. The van der Waals surface area contributed by atoms with Gasteiger partial charge in [0.1, 0.15) is 6.61 Å². The normalized spacial score (nSPS) is 10.4. The van der Waals surface area contributed by atoms with Crippen molar-refractivity contribution in [3.63, 3.8) is 0 Å². The maximum absolute atomic E-state index is 12.1. The number of thioether (sulfide) groups is 1. The Bertz CT molecular complexity index is 426. The van der Waals surface area contributed by atoms with Gasteiger partial charge in [0, 0.05) is 0 Å². The Balaban J connectivity index is 2.68. The number of carbonyl (C=O) groups excluding carboxylic acids is 1. The Morgan fingerprint density at radius 2 is 2.11 bits per heavy atom. The molecular weight excluding hydrogens is 278 g/mol. The molecule has 0 aliphatic carbocycles. The molecule has 0 atom stereocenters. The van der Waals surface area contributed by atoms with Crippen molar-refractivity contribution < 1.29 is 27.8 Å². The van der Waals surface area contributed by atoms with Crippen molar-refractivity contribution in [3.8, 4) is 11.5 Å². The van der Waals surface area contributed by atoms with Crippen molar-refractivity contribution in [1.82, 2.24) is 0 Å². The number of methoxy groups -OCH3 is 1. The maximum atomic E-state index is 12.1. The van der Waals surface area contributed by atoms with Gasteiger partial charge in [0.25, 0.3) is 0 Å². The molecule has 4 nitrogen and oxygen atoms in total. The summed E-state index contributed by atoms with van der Waals surface area (Å²) in [5, 5.41) is 0. The molecule has 0 fully saturated rings. The zero-order chi connectivity index (χ0) is 14.3. The number of esters is 1. The largest absolute Gasteiger partial charge is 0.493 e. The molecule has 0 heterocycles. The van der Waals surface area contributed by atoms with Crippen molar-refractivity contribution in [2.45, 2.75) is 13.2 Å². The quantitative estimate of drug-likeness (QED) is 0.723. The van der Waals surface area contributed by atoms with Gasteiger partial charge in [0.05, 0.1) is 12.9 Å². The third-order valence-electron chi connectivity index (χ3n) is 2.11. The number of hydrogen-bond donors (Lipinski definition) is 0. The van der Waals surface area contributed by atoms with Crippen LogP contribution >= 0.6 is 11.8 Å². The first kappa shape index (κ1) is 15.6. The summed E-state index contributed by atoms with van der Waals surface area (Å²) in [7, 11) is 1.34. The molecule has 0 saturated heterocycles. The van der Waals surface area contributed by atoms with E-state index in [1.165, 1.54) is 37.1 Å². The lowest BCUT2D eigenvalue weighted by molar-refractivity contribution is -0.141. The van der Waals surface area contributed by atoms with Crippen LogP contribution < -0.4 is 9.47 Å². The summed E-state index contributed by atoms with van der Waals surface area (Å²) in [5.74, 6) is 0.0405. The van der Waals surface area contributed by atoms with E-state index >= 15 is 0 Å². The van der Waals surface area contributed by atoms with Gasteiger partial charge in [-0.1, -0.05) is 6.07 Å². The van der Waals surface area contributed by atoms with Gasteiger partial charge in [-0.05, 0) is 24.0 Å². The van der Waals surface area contributed by atoms with E-state index in [4.69, 9.17) is 9.47 Å². The molecule has 0 unspecified atom stereocenters.